The average molecular weight is 329 g/mol. The normalized spacial score (nSPS) is 18.0. The molecule has 0 unspecified atom stereocenters. The number of carbonyl (C=O) groups excluding carboxylic acids is 2. The Bertz CT molecular complexity index is 695. The number of nitrogens with zero attached hydrogens (tertiary/aromatic N) is 1. The van der Waals surface area contributed by atoms with Crippen LogP contribution in [0, 0.1) is 0 Å². The number of thiophene rings is 1. The van der Waals surface area contributed by atoms with E-state index in [1.165, 1.54) is 23.8 Å². The van der Waals surface area contributed by atoms with Crippen LogP contribution in [-0.2, 0) is 11.2 Å². The molecule has 1 aromatic carbocycles. The first kappa shape index (κ1) is 15.9. The van der Waals surface area contributed by atoms with Gasteiger partial charge in [0.1, 0.15) is 0 Å². The fourth-order valence-corrected chi connectivity index (χ4v) is 3.57. The second-order valence-electron chi connectivity index (χ2n) is 5.65. The van der Waals surface area contributed by atoms with Gasteiger partial charge in [0.25, 0.3) is 5.91 Å². The molecule has 4 nitrogen and oxygen atoms in total. The number of carbonyl (C=O) groups is 2. The minimum absolute atomic E-state index is 0.00187. The molecule has 1 aliphatic rings. The zero-order valence-electron chi connectivity index (χ0n) is 13.0. The number of ketones is 1. The van der Waals surface area contributed by atoms with E-state index in [2.05, 4.69) is 12.1 Å². The van der Waals surface area contributed by atoms with Crippen molar-refractivity contribution < 1.29 is 14.3 Å². The molecule has 1 amide bonds. The molecule has 1 fully saturated rings. The summed E-state index contributed by atoms with van der Waals surface area (Å²) in [6, 6.07) is 13.6. The van der Waals surface area contributed by atoms with Crippen LogP contribution < -0.4 is 0 Å². The van der Waals surface area contributed by atoms with Crippen molar-refractivity contribution in [2.45, 2.75) is 19.4 Å². The first-order chi connectivity index (χ1) is 11.1. The van der Waals surface area contributed by atoms with Crippen molar-refractivity contribution in [2.75, 3.05) is 19.7 Å². The van der Waals surface area contributed by atoms with Crippen LogP contribution in [0.1, 0.15) is 31.8 Å². The van der Waals surface area contributed by atoms with Crippen LogP contribution in [0.5, 0.6) is 0 Å². The third-order valence-corrected chi connectivity index (χ3v) is 5.07. The Morgan fingerprint density at radius 2 is 1.91 bits per heavy atom. The molecule has 2 aromatic rings. The van der Waals surface area contributed by atoms with Gasteiger partial charge in [0.2, 0.25) is 0 Å². The van der Waals surface area contributed by atoms with Crippen LogP contribution in [0.4, 0.5) is 0 Å². The Kier molecular flexibility index (Phi) is 4.88. The zero-order valence-corrected chi connectivity index (χ0v) is 13.8. The van der Waals surface area contributed by atoms with E-state index in [9.17, 15) is 9.59 Å². The molecule has 0 N–H and O–H groups in total. The summed E-state index contributed by atoms with van der Waals surface area (Å²) in [6.45, 7) is 3.25. The highest BCUT2D eigenvalue weighted by Gasteiger charge is 2.26. The van der Waals surface area contributed by atoms with E-state index < -0.39 is 0 Å². The van der Waals surface area contributed by atoms with E-state index in [1.54, 1.807) is 12.1 Å². The summed E-state index contributed by atoms with van der Waals surface area (Å²) in [4.78, 5) is 27.1. The summed E-state index contributed by atoms with van der Waals surface area (Å²) in [5.41, 5.74) is 1.21. The van der Waals surface area contributed by atoms with E-state index in [-0.39, 0.29) is 17.8 Å². The molecule has 120 valence electrons. The monoisotopic (exact) mass is 329 g/mol. The minimum Gasteiger partial charge on any atom is -0.374 e. The lowest BCUT2D eigenvalue weighted by Crippen LogP contribution is -2.46. The Morgan fingerprint density at radius 1 is 1.17 bits per heavy atom. The summed E-state index contributed by atoms with van der Waals surface area (Å²) < 4.78 is 5.80. The number of benzene rings is 1. The Morgan fingerprint density at radius 3 is 2.61 bits per heavy atom. The smallest absolute Gasteiger partial charge is 0.264 e. The second kappa shape index (κ2) is 7.06. The molecule has 0 saturated carbocycles. The molecule has 3 rings (SSSR count). The number of morpholine rings is 1. The van der Waals surface area contributed by atoms with E-state index in [0.29, 0.717) is 29.5 Å². The second-order valence-corrected chi connectivity index (χ2v) is 6.74. The van der Waals surface area contributed by atoms with E-state index in [0.717, 1.165) is 6.42 Å². The fourth-order valence-electron chi connectivity index (χ4n) is 2.70. The van der Waals surface area contributed by atoms with Crippen molar-refractivity contribution in [1.82, 2.24) is 4.90 Å². The lowest BCUT2D eigenvalue weighted by Gasteiger charge is -2.32. The van der Waals surface area contributed by atoms with E-state index >= 15 is 0 Å². The number of hydrogen-bond acceptors (Lipinski definition) is 4. The number of ether oxygens (including phenoxy) is 1. The molecule has 0 bridgehead atoms. The van der Waals surface area contributed by atoms with Crippen LogP contribution in [0.2, 0.25) is 0 Å². The van der Waals surface area contributed by atoms with Crippen molar-refractivity contribution in [2.24, 2.45) is 0 Å². The summed E-state index contributed by atoms with van der Waals surface area (Å²) in [7, 11) is 0. The number of Topliss-reactive ketones (excluding diaryl/α,β-unsaturated/α-hetero) is 1. The predicted octanol–water partition coefficient (Wildman–Crippen LogP) is 3.03. The van der Waals surface area contributed by atoms with E-state index in [1.807, 2.05) is 23.1 Å². The van der Waals surface area contributed by atoms with Crippen LogP contribution in [0.15, 0.2) is 42.5 Å². The molecule has 23 heavy (non-hydrogen) atoms. The van der Waals surface area contributed by atoms with Gasteiger partial charge in [-0.25, -0.2) is 0 Å². The minimum atomic E-state index is -0.0103. The van der Waals surface area contributed by atoms with Gasteiger partial charge in [0.05, 0.1) is 22.5 Å². The molecule has 0 aliphatic carbocycles. The maximum Gasteiger partial charge on any atom is 0.264 e. The summed E-state index contributed by atoms with van der Waals surface area (Å²) in [5.74, 6) is -0.0122. The van der Waals surface area contributed by atoms with Gasteiger partial charge in [0, 0.05) is 19.5 Å². The quantitative estimate of drug-likeness (QED) is 0.810. The maximum absolute atomic E-state index is 12.6. The SMILES string of the molecule is CC(=O)c1ccc(C(=O)N2CCO[C@@H](Cc3ccccc3)C2)s1. The third kappa shape index (κ3) is 3.86. The number of rotatable bonds is 4. The van der Waals surface area contributed by atoms with Crippen molar-refractivity contribution in [1.29, 1.82) is 0 Å². The molecule has 1 aromatic heterocycles. The summed E-state index contributed by atoms with van der Waals surface area (Å²) in [6.07, 6.45) is 0.815. The molecule has 5 heteroatoms. The van der Waals surface area contributed by atoms with Gasteiger partial charge < -0.3 is 9.64 Å². The first-order valence-electron chi connectivity index (χ1n) is 7.69. The van der Waals surface area contributed by atoms with Crippen LogP contribution in [0.25, 0.3) is 0 Å². The number of hydrogen-bond donors (Lipinski definition) is 0. The highest BCUT2D eigenvalue weighted by Crippen LogP contribution is 2.21. The first-order valence-corrected chi connectivity index (χ1v) is 8.50. The van der Waals surface area contributed by atoms with Crippen molar-refractivity contribution in [3.05, 3.63) is 57.8 Å². The van der Waals surface area contributed by atoms with Gasteiger partial charge in [-0.2, -0.15) is 0 Å². The maximum atomic E-state index is 12.6. The van der Waals surface area contributed by atoms with Gasteiger partial charge >= 0.3 is 0 Å². The molecule has 0 radical (unpaired) electrons. The number of amides is 1. The molecule has 1 atom stereocenters. The predicted molar refractivity (Wildman–Crippen MR) is 90.1 cm³/mol. The van der Waals surface area contributed by atoms with Crippen molar-refractivity contribution >= 4 is 23.0 Å². The lowest BCUT2D eigenvalue weighted by molar-refractivity contribution is -0.0206. The molecule has 1 aliphatic heterocycles. The largest absolute Gasteiger partial charge is 0.374 e. The Balaban J connectivity index is 1.65. The van der Waals surface area contributed by atoms with Crippen LogP contribution in [0.3, 0.4) is 0 Å². The molecule has 0 spiro atoms. The zero-order chi connectivity index (χ0) is 16.2. The van der Waals surface area contributed by atoms with Gasteiger partial charge in [-0.3, -0.25) is 9.59 Å². The molecular formula is C18H19NO3S. The fraction of sp³-hybridized carbons (Fsp3) is 0.333. The van der Waals surface area contributed by atoms with Gasteiger partial charge in [-0.1, -0.05) is 30.3 Å². The van der Waals surface area contributed by atoms with Gasteiger partial charge in [-0.15, -0.1) is 11.3 Å². The summed E-state index contributed by atoms with van der Waals surface area (Å²) >= 11 is 1.27. The Labute approximate surface area is 139 Å². The lowest BCUT2D eigenvalue weighted by atomic mass is 10.1. The highest BCUT2D eigenvalue weighted by atomic mass is 32.1. The standard InChI is InChI=1S/C18H19NO3S/c1-13(20)16-7-8-17(23-16)18(21)19-9-10-22-15(12-19)11-14-5-3-2-4-6-14/h2-8,15H,9-12H2,1H3/t15-/m0/s1. The molecular weight excluding hydrogens is 310 g/mol. The van der Waals surface area contributed by atoms with E-state index in [4.69, 9.17) is 4.74 Å². The van der Waals surface area contributed by atoms with Crippen LogP contribution >= 0.6 is 11.3 Å². The third-order valence-electron chi connectivity index (χ3n) is 3.90. The Hall–Kier alpha value is -1.98. The van der Waals surface area contributed by atoms with Gasteiger partial charge in [-0.05, 0) is 24.6 Å². The highest BCUT2D eigenvalue weighted by molar-refractivity contribution is 7.15. The van der Waals surface area contributed by atoms with Crippen molar-refractivity contribution in [3.63, 3.8) is 0 Å². The average Bonchev–Trinajstić information content (AvgIpc) is 3.06. The van der Waals surface area contributed by atoms with Crippen LogP contribution in [-0.4, -0.2) is 42.4 Å². The van der Waals surface area contributed by atoms with Gasteiger partial charge in [0.15, 0.2) is 5.78 Å². The van der Waals surface area contributed by atoms with Crippen molar-refractivity contribution in [3.8, 4) is 0 Å². The summed E-state index contributed by atoms with van der Waals surface area (Å²) in [5, 5.41) is 0. The molecule has 1 saturated heterocycles. The molecule has 2 heterocycles. The topological polar surface area (TPSA) is 46.6 Å².